The molecule has 0 fully saturated rings. The highest BCUT2D eigenvalue weighted by atomic mass is 35.5. The van der Waals surface area contributed by atoms with Gasteiger partial charge in [0.2, 0.25) is 12.7 Å². The molecule has 0 radical (unpaired) electrons. The third-order valence-corrected chi connectivity index (χ3v) is 7.59. The summed E-state index contributed by atoms with van der Waals surface area (Å²) in [6.45, 7) is 4.03. The zero-order valence-electron chi connectivity index (χ0n) is 22.3. The maximum Gasteiger partial charge on any atom is 0.251 e. The second kappa shape index (κ2) is 12.8. The Morgan fingerprint density at radius 2 is 1.54 bits per heavy atom. The second-order valence-electron chi connectivity index (χ2n) is 9.38. The van der Waals surface area contributed by atoms with Crippen molar-refractivity contribution >= 4 is 52.5 Å². The molecule has 1 N–H and O–H groups in total. The third-order valence-electron chi connectivity index (χ3n) is 6.26. The first-order valence-electron chi connectivity index (χ1n) is 12.7. The van der Waals surface area contributed by atoms with E-state index in [2.05, 4.69) is 15.3 Å². The predicted molar refractivity (Wildman–Crippen MR) is 160 cm³/mol. The van der Waals surface area contributed by atoms with Crippen molar-refractivity contribution in [3.8, 4) is 11.5 Å². The molecule has 0 saturated heterocycles. The number of fused-ring (bicyclic) bond motifs is 1. The first kappa shape index (κ1) is 28.7. The van der Waals surface area contributed by atoms with E-state index in [1.54, 1.807) is 59.5 Å². The van der Waals surface area contributed by atoms with Crippen molar-refractivity contribution < 1.29 is 19.1 Å². The van der Waals surface area contributed by atoms with Crippen molar-refractivity contribution in [2.45, 2.75) is 31.6 Å². The Balaban J connectivity index is 1.48. The van der Waals surface area contributed by atoms with Crippen LogP contribution in [0.15, 0.2) is 78.0 Å². The lowest BCUT2D eigenvalue weighted by Crippen LogP contribution is -2.41. The summed E-state index contributed by atoms with van der Waals surface area (Å²) in [4.78, 5) is 38.3. The van der Waals surface area contributed by atoms with Crippen LogP contribution in [0, 0.1) is 13.8 Å². The van der Waals surface area contributed by atoms with Gasteiger partial charge >= 0.3 is 0 Å². The Labute approximate surface area is 252 Å². The van der Waals surface area contributed by atoms with Crippen LogP contribution in [-0.4, -0.2) is 39.2 Å². The number of halogens is 2. The fourth-order valence-corrected chi connectivity index (χ4v) is 5.47. The number of carbonyl (C=O) groups is 2. The van der Waals surface area contributed by atoms with Crippen LogP contribution in [0.25, 0.3) is 0 Å². The van der Waals surface area contributed by atoms with E-state index in [1.807, 2.05) is 32.0 Å². The first-order valence-corrected chi connectivity index (χ1v) is 14.4. The van der Waals surface area contributed by atoms with Crippen LogP contribution >= 0.6 is 35.0 Å². The molecule has 3 aromatic carbocycles. The molecular formula is C30H26Cl2N4O4S. The zero-order chi connectivity index (χ0) is 28.9. The quantitative estimate of drug-likeness (QED) is 0.168. The van der Waals surface area contributed by atoms with Crippen LogP contribution in [0.4, 0.5) is 5.69 Å². The van der Waals surface area contributed by atoms with Gasteiger partial charge in [0.15, 0.2) is 16.7 Å². The Kier molecular flexibility index (Phi) is 8.97. The van der Waals surface area contributed by atoms with Gasteiger partial charge in [-0.25, -0.2) is 9.97 Å². The number of carbonyl (C=O) groups excluding carboxylic acids is 2. The number of thioether (sulfide) groups is 1. The van der Waals surface area contributed by atoms with Gasteiger partial charge in [-0.15, -0.1) is 0 Å². The summed E-state index contributed by atoms with van der Waals surface area (Å²) in [7, 11) is 0. The summed E-state index contributed by atoms with van der Waals surface area (Å²) in [5, 5.41) is 4.53. The van der Waals surface area contributed by atoms with E-state index < -0.39 is 11.9 Å². The molecule has 8 nitrogen and oxygen atoms in total. The molecule has 11 heteroatoms. The Morgan fingerprint density at radius 1 is 0.902 bits per heavy atom. The number of amides is 2. The minimum Gasteiger partial charge on any atom is -0.454 e. The molecule has 0 aliphatic carbocycles. The van der Waals surface area contributed by atoms with Gasteiger partial charge in [-0.1, -0.05) is 59.2 Å². The highest BCUT2D eigenvalue weighted by molar-refractivity contribution is 7.99. The second-order valence-corrected chi connectivity index (χ2v) is 11.2. The summed E-state index contributed by atoms with van der Waals surface area (Å²) in [6, 6.07) is 20.1. The topological polar surface area (TPSA) is 93.7 Å². The van der Waals surface area contributed by atoms with Crippen LogP contribution in [-0.2, 0) is 16.1 Å². The molecule has 0 saturated carbocycles. The minimum atomic E-state index is -0.985. The first-order chi connectivity index (χ1) is 19.7. The molecule has 5 rings (SSSR count). The van der Waals surface area contributed by atoms with E-state index in [0.29, 0.717) is 38.0 Å². The minimum absolute atomic E-state index is 0.0257. The zero-order valence-corrected chi connectivity index (χ0v) is 24.6. The predicted octanol–water partition coefficient (Wildman–Crippen LogP) is 6.63. The molecule has 1 aliphatic rings. The Hall–Kier alpha value is -3.79. The van der Waals surface area contributed by atoms with Crippen LogP contribution in [0.2, 0.25) is 10.0 Å². The average molecular weight is 610 g/mol. The lowest BCUT2D eigenvalue weighted by atomic mass is 10.0. The number of aryl methyl sites for hydroxylation is 2. The Morgan fingerprint density at radius 3 is 2.22 bits per heavy atom. The number of hydrogen-bond acceptors (Lipinski definition) is 7. The molecule has 2 amide bonds. The summed E-state index contributed by atoms with van der Waals surface area (Å²) < 4.78 is 10.9. The lowest BCUT2D eigenvalue weighted by Gasteiger charge is -2.31. The van der Waals surface area contributed by atoms with Crippen molar-refractivity contribution in [3.63, 3.8) is 0 Å². The largest absolute Gasteiger partial charge is 0.454 e. The molecule has 1 aliphatic heterocycles. The fraction of sp³-hybridized carbons (Fsp3) is 0.200. The number of benzene rings is 3. The monoisotopic (exact) mass is 608 g/mol. The molecular weight excluding hydrogens is 583 g/mol. The maximum absolute atomic E-state index is 14.0. The van der Waals surface area contributed by atoms with Crippen molar-refractivity contribution in [2.24, 2.45) is 0 Å². The van der Waals surface area contributed by atoms with Crippen LogP contribution in [0.5, 0.6) is 11.5 Å². The smallest absolute Gasteiger partial charge is 0.251 e. The summed E-state index contributed by atoms with van der Waals surface area (Å²) in [6.07, 6.45) is 0. The van der Waals surface area contributed by atoms with Gasteiger partial charge in [-0.2, -0.15) is 0 Å². The number of ether oxygens (including phenoxy) is 2. The average Bonchev–Trinajstić information content (AvgIpc) is 3.41. The van der Waals surface area contributed by atoms with Crippen LogP contribution < -0.4 is 14.8 Å². The van der Waals surface area contributed by atoms with Crippen molar-refractivity contribution in [1.29, 1.82) is 0 Å². The fourth-order valence-electron chi connectivity index (χ4n) is 4.38. The molecule has 210 valence electrons. The molecule has 41 heavy (non-hydrogen) atoms. The third kappa shape index (κ3) is 7.30. The van der Waals surface area contributed by atoms with E-state index in [4.69, 9.17) is 32.7 Å². The maximum atomic E-state index is 14.0. The van der Waals surface area contributed by atoms with Gasteiger partial charge in [0.25, 0.3) is 5.91 Å². The highest BCUT2D eigenvalue weighted by Gasteiger charge is 2.32. The van der Waals surface area contributed by atoms with Gasteiger partial charge in [0.1, 0.15) is 6.04 Å². The number of aromatic nitrogens is 2. The van der Waals surface area contributed by atoms with Crippen molar-refractivity contribution in [2.75, 3.05) is 17.9 Å². The van der Waals surface area contributed by atoms with Crippen molar-refractivity contribution in [1.82, 2.24) is 14.9 Å². The van der Waals surface area contributed by atoms with Gasteiger partial charge < -0.3 is 19.7 Å². The molecule has 2 heterocycles. The van der Waals surface area contributed by atoms with E-state index in [1.165, 1.54) is 11.8 Å². The van der Waals surface area contributed by atoms with E-state index in [0.717, 1.165) is 17.0 Å². The van der Waals surface area contributed by atoms with Gasteiger partial charge in [-0.05, 0) is 67.4 Å². The highest BCUT2D eigenvalue weighted by Crippen LogP contribution is 2.35. The Bertz CT molecular complexity index is 1550. The van der Waals surface area contributed by atoms with Gasteiger partial charge in [-0.3, -0.25) is 9.59 Å². The van der Waals surface area contributed by atoms with E-state index >= 15 is 0 Å². The SMILES string of the molecule is Cc1cc(C)nc(SCC(=O)N(Cc2ccc(Cl)cc2)[C@H](C(=O)Nc2ccc3c(c2)OCO3)c2ccc(Cl)cc2)n1. The normalized spacial score (nSPS) is 12.6. The van der Waals surface area contributed by atoms with Crippen molar-refractivity contribution in [3.05, 3.63) is 105 Å². The molecule has 0 unspecified atom stereocenters. The number of hydrogen-bond donors (Lipinski definition) is 1. The molecule has 4 aromatic rings. The molecule has 1 atom stereocenters. The number of nitrogens with zero attached hydrogens (tertiary/aromatic N) is 3. The molecule has 0 bridgehead atoms. The van der Waals surface area contributed by atoms with E-state index in [9.17, 15) is 9.59 Å². The van der Waals surface area contributed by atoms with Gasteiger partial charge in [0, 0.05) is 39.7 Å². The standard InChI is InChI=1S/C30H26Cl2N4O4S/c1-18-13-19(2)34-30(33-18)41-16-27(37)36(15-20-3-7-22(31)8-4-20)28(21-5-9-23(32)10-6-21)29(38)35-24-11-12-25-26(14-24)40-17-39-25/h3-14,28H,15-17H2,1-2H3,(H,35,38)/t28-/m0/s1. The summed E-state index contributed by atoms with van der Waals surface area (Å²) in [5.74, 6) is 0.486. The lowest BCUT2D eigenvalue weighted by molar-refractivity contribution is -0.137. The van der Waals surface area contributed by atoms with Gasteiger partial charge in [0.05, 0.1) is 5.75 Å². The number of rotatable bonds is 9. The van der Waals surface area contributed by atoms with Crippen LogP contribution in [0.1, 0.15) is 28.6 Å². The number of anilines is 1. The summed E-state index contributed by atoms with van der Waals surface area (Å²) in [5.41, 5.74) is 3.54. The molecule has 1 aromatic heterocycles. The van der Waals surface area contributed by atoms with E-state index in [-0.39, 0.29) is 25.0 Å². The molecule has 0 spiro atoms. The van der Waals surface area contributed by atoms with Crippen LogP contribution in [0.3, 0.4) is 0 Å². The number of nitrogens with one attached hydrogen (secondary N) is 1. The summed E-state index contributed by atoms with van der Waals surface area (Å²) >= 11 is 13.5.